The SMILES string of the molecule is CCCCCCCCCCCOc1ccc(-c2ccc(C3CCC(OC(=O)C(C)(C#N)CC)CC3)cc2)cc1. The van der Waals surface area contributed by atoms with Crippen LogP contribution in [0.4, 0.5) is 0 Å². The molecular formula is C35H49NO3. The molecule has 0 heterocycles. The number of esters is 1. The molecule has 39 heavy (non-hydrogen) atoms. The Morgan fingerprint density at radius 2 is 1.36 bits per heavy atom. The highest BCUT2D eigenvalue weighted by Gasteiger charge is 2.35. The Morgan fingerprint density at radius 3 is 1.90 bits per heavy atom. The fraction of sp³-hybridized carbons (Fsp3) is 0.600. The first-order chi connectivity index (χ1) is 19.0. The molecule has 0 aromatic heterocycles. The summed E-state index contributed by atoms with van der Waals surface area (Å²) < 4.78 is 11.7. The van der Waals surface area contributed by atoms with Gasteiger partial charge in [0.2, 0.25) is 0 Å². The highest BCUT2D eigenvalue weighted by molar-refractivity contribution is 5.79. The Labute approximate surface area is 237 Å². The number of unbranched alkanes of at least 4 members (excludes halogenated alkanes) is 8. The lowest BCUT2D eigenvalue weighted by atomic mass is 9.82. The van der Waals surface area contributed by atoms with E-state index in [1.54, 1.807) is 6.92 Å². The predicted molar refractivity (Wildman–Crippen MR) is 160 cm³/mol. The van der Waals surface area contributed by atoms with Gasteiger partial charge >= 0.3 is 5.97 Å². The molecule has 1 fully saturated rings. The summed E-state index contributed by atoms with van der Waals surface area (Å²) in [6, 6.07) is 19.5. The molecule has 4 heteroatoms. The fourth-order valence-electron chi connectivity index (χ4n) is 5.36. The molecule has 1 atom stereocenters. The van der Waals surface area contributed by atoms with Gasteiger partial charge < -0.3 is 9.47 Å². The van der Waals surface area contributed by atoms with Crippen molar-refractivity contribution in [1.82, 2.24) is 0 Å². The molecule has 212 valence electrons. The highest BCUT2D eigenvalue weighted by Crippen LogP contribution is 2.36. The van der Waals surface area contributed by atoms with Crippen molar-refractivity contribution in [3.05, 3.63) is 54.1 Å². The van der Waals surface area contributed by atoms with E-state index < -0.39 is 5.41 Å². The number of ether oxygens (including phenoxy) is 2. The summed E-state index contributed by atoms with van der Waals surface area (Å²) in [5.41, 5.74) is 2.72. The maximum Gasteiger partial charge on any atom is 0.326 e. The van der Waals surface area contributed by atoms with E-state index in [0.29, 0.717) is 12.3 Å². The first-order valence-corrected chi connectivity index (χ1v) is 15.4. The first kappa shape index (κ1) is 30.7. The van der Waals surface area contributed by atoms with Crippen molar-refractivity contribution in [1.29, 1.82) is 5.26 Å². The molecule has 0 aliphatic heterocycles. The van der Waals surface area contributed by atoms with Gasteiger partial charge in [-0.25, -0.2) is 0 Å². The smallest absolute Gasteiger partial charge is 0.326 e. The summed E-state index contributed by atoms with van der Waals surface area (Å²) in [5.74, 6) is 1.06. The minimum atomic E-state index is -1.04. The van der Waals surface area contributed by atoms with Gasteiger partial charge in [-0.3, -0.25) is 4.79 Å². The van der Waals surface area contributed by atoms with Gasteiger partial charge in [-0.15, -0.1) is 0 Å². The van der Waals surface area contributed by atoms with E-state index in [1.165, 1.54) is 68.1 Å². The second-order valence-corrected chi connectivity index (χ2v) is 11.5. The minimum Gasteiger partial charge on any atom is -0.494 e. The van der Waals surface area contributed by atoms with Gasteiger partial charge in [0, 0.05) is 0 Å². The Hall–Kier alpha value is -2.80. The summed E-state index contributed by atoms with van der Waals surface area (Å²) in [7, 11) is 0. The number of carbonyl (C=O) groups excluding carboxylic acids is 1. The standard InChI is InChI=1S/C35H49NO3/c1-4-6-7-8-9-10-11-12-13-26-38-32-22-18-30(19-23-32)28-14-16-29(17-15-28)31-20-24-33(25-21-31)39-34(37)35(3,5-2)27-36/h14-19,22-23,31,33H,4-13,20-21,24-26H2,1-3H3. The fourth-order valence-corrected chi connectivity index (χ4v) is 5.36. The van der Waals surface area contributed by atoms with Crippen LogP contribution in [0.25, 0.3) is 11.1 Å². The summed E-state index contributed by atoms with van der Waals surface area (Å²) >= 11 is 0. The number of hydrogen-bond acceptors (Lipinski definition) is 4. The maximum atomic E-state index is 12.4. The molecule has 2 aromatic carbocycles. The number of hydrogen-bond donors (Lipinski definition) is 0. The van der Waals surface area contributed by atoms with Crippen molar-refractivity contribution < 1.29 is 14.3 Å². The van der Waals surface area contributed by atoms with Gasteiger partial charge in [0.05, 0.1) is 12.7 Å². The van der Waals surface area contributed by atoms with Gasteiger partial charge in [0.25, 0.3) is 0 Å². The zero-order chi connectivity index (χ0) is 27.9. The monoisotopic (exact) mass is 531 g/mol. The molecule has 0 saturated heterocycles. The van der Waals surface area contributed by atoms with Crippen molar-refractivity contribution >= 4 is 5.97 Å². The quantitative estimate of drug-likeness (QED) is 0.160. The van der Waals surface area contributed by atoms with E-state index in [1.807, 2.05) is 6.92 Å². The third-order valence-corrected chi connectivity index (χ3v) is 8.44. The lowest BCUT2D eigenvalue weighted by Gasteiger charge is -2.30. The predicted octanol–water partition coefficient (Wildman–Crippen LogP) is 9.77. The average molecular weight is 532 g/mol. The van der Waals surface area contributed by atoms with Crippen molar-refractivity contribution in [2.45, 2.75) is 123 Å². The third-order valence-electron chi connectivity index (χ3n) is 8.44. The summed E-state index contributed by atoms with van der Waals surface area (Å²) in [6.07, 6.45) is 16.0. The van der Waals surface area contributed by atoms with Gasteiger partial charge in [-0.2, -0.15) is 5.26 Å². The molecule has 1 aliphatic carbocycles. The molecule has 0 radical (unpaired) electrons. The van der Waals surface area contributed by atoms with Crippen LogP contribution < -0.4 is 4.74 Å². The number of benzene rings is 2. The lowest BCUT2D eigenvalue weighted by molar-refractivity contribution is -0.159. The normalized spacial score (nSPS) is 18.6. The van der Waals surface area contributed by atoms with Crippen LogP contribution in [-0.4, -0.2) is 18.7 Å². The molecule has 0 N–H and O–H groups in total. The van der Waals surface area contributed by atoms with Gasteiger partial charge in [0.1, 0.15) is 11.9 Å². The first-order valence-electron chi connectivity index (χ1n) is 15.4. The van der Waals surface area contributed by atoms with Gasteiger partial charge in [-0.05, 0) is 80.2 Å². The zero-order valence-corrected chi connectivity index (χ0v) is 24.6. The molecule has 3 rings (SSSR count). The van der Waals surface area contributed by atoms with Gasteiger partial charge in [-0.1, -0.05) is 102 Å². The Kier molecular flexibility index (Phi) is 12.9. The van der Waals surface area contributed by atoms with Crippen LogP contribution >= 0.6 is 0 Å². The molecule has 0 spiro atoms. The minimum absolute atomic E-state index is 0.0756. The molecule has 2 aromatic rings. The second kappa shape index (κ2) is 16.3. The van der Waals surface area contributed by atoms with E-state index >= 15 is 0 Å². The highest BCUT2D eigenvalue weighted by atomic mass is 16.5. The van der Waals surface area contributed by atoms with E-state index in [2.05, 4.69) is 61.5 Å². The molecule has 0 amide bonds. The van der Waals surface area contributed by atoms with E-state index in [0.717, 1.165) is 44.5 Å². The maximum absolute atomic E-state index is 12.4. The van der Waals surface area contributed by atoms with Crippen LogP contribution in [0, 0.1) is 16.7 Å². The van der Waals surface area contributed by atoms with Crippen LogP contribution in [0.3, 0.4) is 0 Å². The molecule has 1 saturated carbocycles. The topological polar surface area (TPSA) is 59.3 Å². The Morgan fingerprint density at radius 1 is 0.821 bits per heavy atom. The van der Waals surface area contributed by atoms with Crippen LogP contribution in [-0.2, 0) is 9.53 Å². The second-order valence-electron chi connectivity index (χ2n) is 11.5. The summed E-state index contributed by atoms with van der Waals surface area (Å²) in [6.45, 7) is 6.58. The molecule has 4 nitrogen and oxygen atoms in total. The van der Waals surface area contributed by atoms with E-state index in [4.69, 9.17) is 9.47 Å². The van der Waals surface area contributed by atoms with Crippen LogP contribution in [0.2, 0.25) is 0 Å². The molecular weight excluding hydrogens is 482 g/mol. The number of nitrogens with zero attached hydrogens (tertiary/aromatic N) is 1. The van der Waals surface area contributed by atoms with E-state index in [-0.39, 0.29) is 12.1 Å². The largest absolute Gasteiger partial charge is 0.494 e. The number of carbonyl (C=O) groups is 1. The van der Waals surface area contributed by atoms with Crippen LogP contribution in [0.15, 0.2) is 48.5 Å². The Balaban J connectivity index is 1.37. The molecule has 1 unspecified atom stereocenters. The number of nitriles is 1. The van der Waals surface area contributed by atoms with Crippen LogP contribution in [0.5, 0.6) is 5.75 Å². The number of rotatable bonds is 16. The van der Waals surface area contributed by atoms with Crippen molar-refractivity contribution in [2.24, 2.45) is 5.41 Å². The lowest BCUT2D eigenvalue weighted by Crippen LogP contribution is -2.33. The summed E-state index contributed by atoms with van der Waals surface area (Å²) in [5, 5.41) is 9.33. The Bertz CT molecular complexity index is 1020. The average Bonchev–Trinajstić information content (AvgIpc) is 2.98. The van der Waals surface area contributed by atoms with Crippen molar-refractivity contribution in [3.63, 3.8) is 0 Å². The van der Waals surface area contributed by atoms with Crippen LogP contribution in [0.1, 0.15) is 122 Å². The molecule has 1 aliphatic rings. The van der Waals surface area contributed by atoms with E-state index in [9.17, 15) is 10.1 Å². The third kappa shape index (κ3) is 9.71. The zero-order valence-electron chi connectivity index (χ0n) is 24.6. The van der Waals surface area contributed by atoms with Crippen molar-refractivity contribution in [3.8, 4) is 22.9 Å². The van der Waals surface area contributed by atoms with Crippen molar-refractivity contribution in [2.75, 3.05) is 6.61 Å². The molecule has 0 bridgehead atoms. The summed E-state index contributed by atoms with van der Waals surface area (Å²) in [4.78, 5) is 12.4. The van der Waals surface area contributed by atoms with Gasteiger partial charge in [0.15, 0.2) is 5.41 Å².